The molecule has 0 fully saturated rings. The molecule has 0 atom stereocenters. The monoisotopic (exact) mass is 394 g/mol. The molecule has 130 valence electrons. The fourth-order valence-electron chi connectivity index (χ4n) is 2.12. The number of hydrogen-bond donors (Lipinski definition) is 4. The van der Waals surface area contributed by atoms with Gasteiger partial charge in [0, 0.05) is 17.3 Å². The Morgan fingerprint density at radius 2 is 1.80 bits per heavy atom. The molecule has 0 spiro atoms. The largest absolute Gasteiger partial charge is 0.454 e. The van der Waals surface area contributed by atoms with Crippen LogP contribution >= 0.6 is 36.0 Å². The third-order valence-corrected chi connectivity index (χ3v) is 3.95. The number of thiocarbonyl (C=S) groups is 2. The summed E-state index contributed by atoms with van der Waals surface area (Å²) in [5, 5.41) is 7.47. The van der Waals surface area contributed by atoms with Gasteiger partial charge in [0.15, 0.2) is 21.7 Å². The topological polar surface area (TPSA) is 66.6 Å². The van der Waals surface area contributed by atoms with Crippen molar-refractivity contribution in [3.05, 3.63) is 53.1 Å². The van der Waals surface area contributed by atoms with Gasteiger partial charge < -0.3 is 20.1 Å². The lowest BCUT2D eigenvalue weighted by molar-refractivity contribution is 0.174. The lowest BCUT2D eigenvalue weighted by Gasteiger charge is -2.14. The van der Waals surface area contributed by atoms with Crippen molar-refractivity contribution in [2.24, 2.45) is 0 Å². The summed E-state index contributed by atoms with van der Waals surface area (Å²) in [5.74, 6) is 1.49. The van der Waals surface area contributed by atoms with Crippen LogP contribution in [-0.2, 0) is 6.54 Å². The maximum absolute atomic E-state index is 5.92. The van der Waals surface area contributed by atoms with E-state index in [1.807, 2.05) is 30.3 Å². The molecule has 0 amide bonds. The summed E-state index contributed by atoms with van der Waals surface area (Å²) in [7, 11) is 0. The van der Waals surface area contributed by atoms with E-state index in [1.54, 1.807) is 12.1 Å². The molecule has 9 heteroatoms. The fraction of sp³-hybridized carbons (Fsp3) is 0.125. The van der Waals surface area contributed by atoms with Crippen molar-refractivity contribution in [1.29, 1.82) is 0 Å². The summed E-state index contributed by atoms with van der Waals surface area (Å²) in [5.41, 5.74) is 7.43. The van der Waals surface area contributed by atoms with Gasteiger partial charge in [-0.25, -0.2) is 0 Å². The minimum absolute atomic E-state index is 0.257. The summed E-state index contributed by atoms with van der Waals surface area (Å²) in [4.78, 5) is 0. The van der Waals surface area contributed by atoms with Crippen LogP contribution in [0.3, 0.4) is 0 Å². The average molecular weight is 395 g/mol. The van der Waals surface area contributed by atoms with E-state index in [1.165, 1.54) is 0 Å². The number of anilines is 1. The van der Waals surface area contributed by atoms with Gasteiger partial charge in [0.25, 0.3) is 0 Å². The molecule has 1 heterocycles. The molecule has 0 aromatic heterocycles. The highest BCUT2D eigenvalue weighted by atomic mass is 35.5. The second-order valence-electron chi connectivity index (χ2n) is 5.08. The van der Waals surface area contributed by atoms with Crippen LogP contribution in [0.4, 0.5) is 5.69 Å². The van der Waals surface area contributed by atoms with E-state index in [0.717, 1.165) is 22.7 Å². The molecule has 0 saturated carbocycles. The Kier molecular flexibility index (Phi) is 5.75. The van der Waals surface area contributed by atoms with Gasteiger partial charge in [0.05, 0.1) is 0 Å². The summed E-state index contributed by atoms with van der Waals surface area (Å²) >= 11 is 16.3. The number of ether oxygens (including phenoxy) is 2. The van der Waals surface area contributed by atoms with Gasteiger partial charge in [-0.15, -0.1) is 0 Å². The van der Waals surface area contributed by atoms with Crippen molar-refractivity contribution >= 4 is 51.9 Å². The zero-order valence-electron chi connectivity index (χ0n) is 13.0. The second kappa shape index (κ2) is 8.19. The van der Waals surface area contributed by atoms with Crippen LogP contribution in [0.25, 0.3) is 0 Å². The molecule has 0 unspecified atom stereocenters. The van der Waals surface area contributed by atoms with Gasteiger partial charge in [0.1, 0.15) is 0 Å². The molecule has 2 aromatic rings. The molecule has 1 aliphatic heterocycles. The first kappa shape index (κ1) is 17.5. The predicted molar refractivity (Wildman–Crippen MR) is 106 cm³/mol. The summed E-state index contributed by atoms with van der Waals surface area (Å²) in [6.45, 7) is 0.797. The van der Waals surface area contributed by atoms with Crippen LogP contribution in [0.15, 0.2) is 42.5 Å². The summed E-state index contributed by atoms with van der Waals surface area (Å²) in [6.07, 6.45) is 0. The molecule has 3 rings (SSSR count). The summed E-state index contributed by atoms with van der Waals surface area (Å²) < 4.78 is 10.6. The molecular formula is C16H15ClN4O2S2. The lowest BCUT2D eigenvalue weighted by atomic mass is 10.2. The first-order chi connectivity index (χ1) is 12.1. The van der Waals surface area contributed by atoms with Crippen molar-refractivity contribution in [1.82, 2.24) is 16.2 Å². The number of halogens is 1. The molecule has 25 heavy (non-hydrogen) atoms. The molecule has 2 aromatic carbocycles. The van der Waals surface area contributed by atoms with Crippen LogP contribution in [0, 0.1) is 0 Å². The number of hydrazine groups is 1. The number of rotatable bonds is 3. The van der Waals surface area contributed by atoms with Crippen molar-refractivity contribution in [2.75, 3.05) is 12.1 Å². The van der Waals surface area contributed by atoms with Crippen molar-refractivity contribution in [3.8, 4) is 11.5 Å². The molecule has 6 nitrogen and oxygen atoms in total. The molecule has 0 saturated heterocycles. The van der Waals surface area contributed by atoms with Gasteiger partial charge in [-0.2, -0.15) is 0 Å². The van der Waals surface area contributed by atoms with Gasteiger partial charge >= 0.3 is 0 Å². The SMILES string of the molecule is S=C(NCc1ccc2c(c1)OCO2)NNC(=S)Nc1cccc(Cl)c1. The normalized spacial score (nSPS) is 11.6. The Balaban J connectivity index is 1.41. The Hall–Kier alpha value is -2.29. The molecular weight excluding hydrogens is 380 g/mol. The van der Waals surface area contributed by atoms with E-state index in [9.17, 15) is 0 Å². The molecule has 1 aliphatic rings. The third-order valence-electron chi connectivity index (χ3n) is 3.26. The van der Waals surface area contributed by atoms with E-state index in [0.29, 0.717) is 21.8 Å². The van der Waals surface area contributed by atoms with Crippen molar-refractivity contribution < 1.29 is 9.47 Å². The molecule has 0 radical (unpaired) electrons. The van der Waals surface area contributed by atoms with Crippen molar-refractivity contribution in [3.63, 3.8) is 0 Å². The maximum Gasteiger partial charge on any atom is 0.231 e. The zero-order valence-corrected chi connectivity index (χ0v) is 15.4. The number of benzene rings is 2. The first-order valence-corrected chi connectivity index (χ1v) is 8.54. The van der Waals surface area contributed by atoms with Crippen LogP contribution in [-0.4, -0.2) is 17.0 Å². The molecule has 4 N–H and O–H groups in total. The Morgan fingerprint density at radius 3 is 2.64 bits per heavy atom. The van der Waals surface area contributed by atoms with Crippen LogP contribution in [0.5, 0.6) is 11.5 Å². The standard InChI is InChI=1S/C16H15ClN4O2S2/c17-11-2-1-3-12(7-11)19-16(25)21-20-15(24)18-8-10-4-5-13-14(6-10)23-9-22-13/h1-7H,8-9H2,(H2,18,20,24)(H2,19,21,25). The zero-order chi connectivity index (χ0) is 17.6. The lowest BCUT2D eigenvalue weighted by Crippen LogP contribution is -2.47. The third kappa shape index (κ3) is 5.09. The van der Waals surface area contributed by atoms with Gasteiger partial charge in [-0.05, 0) is 60.3 Å². The van der Waals surface area contributed by atoms with E-state index in [-0.39, 0.29) is 6.79 Å². The Morgan fingerprint density at radius 1 is 1.00 bits per heavy atom. The molecule has 0 aliphatic carbocycles. The van der Waals surface area contributed by atoms with E-state index in [2.05, 4.69) is 21.5 Å². The average Bonchev–Trinajstić information content (AvgIpc) is 3.06. The highest BCUT2D eigenvalue weighted by Crippen LogP contribution is 2.32. The van der Waals surface area contributed by atoms with Crippen LogP contribution in [0.2, 0.25) is 5.02 Å². The number of hydrogen-bond acceptors (Lipinski definition) is 4. The van der Waals surface area contributed by atoms with Crippen molar-refractivity contribution in [2.45, 2.75) is 6.54 Å². The minimum Gasteiger partial charge on any atom is -0.454 e. The van der Waals surface area contributed by atoms with Crippen LogP contribution in [0.1, 0.15) is 5.56 Å². The maximum atomic E-state index is 5.92. The number of fused-ring (bicyclic) bond motifs is 1. The van der Waals surface area contributed by atoms with E-state index in [4.69, 9.17) is 45.5 Å². The highest BCUT2D eigenvalue weighted by molar-refractivity contribution is 7.80. The van der Waals surface area contributed by atoms with Gasteiger partial charge in [0.2, 0.25) is 6.79 Å². The highest BCUT2D eigenvalue weighted by Gasteiger charge is 2.13. The molecule has 0 bridgehead atoms. The fourth-order valence-corrected chi connectivity index (χ4v) is 2.60. The van der Waals surface area contributed by atoms with Gasteiger partial charge in [-0.3, -0.25) is 10.9 Å². The second-order valence-corrected chi connectivity index (χ2v) is 6.34. The Bertz CT molecular complexity index is 803. The minimum atomic E-state index is 0.257. The van der Waals surface area contributed by atoms with E-state index >= 15 is 0 Å². The quantitative estimate of drug-likeness (QED) is 0.468. The Labute approximate surface area is 160 Å². The van der Waals surface area contributed by atoms with Gasteiger partial charge in [-0.1, -0.05) is 23.7 Å². The number of nitrogens with one attached hydrogen (secondary N) is 4. The van der Waals surface area contributed by atoms with E-state index < -0.39 is 0 Å². The predicted octanol–water partition coefficient (Wildman–Crippen LogP) is 2.93. The van der Waals surface area contributed by atoms with Crippen LogP contribution < -0.4 is 31.0 Å². The summed E-state index contributed by atoms with van der Waals surface area (Å²) in [6, 6.07) is 13.0. The first-order valence-electron chi connectivity index (χ1n) is 7.35. The smallest absolute Gasteiger partial charge is 0.231 e.